The van der Waals surface area contributed by atoms with Crippen molar-refractivity contribution in [3.8, 4) is 0 Å². The van der Waals surface area contributed by atoms with Crippen LogP contribution in [-0.4, -0.2) is 17.1 Å². The van der Waals surface area contributed by atoms with E-state index < -0.39 is 12.0 Å². The summed E-state index contributed by atoms with van der Waals surface area (Å²) in [6.07, 6.45) is 2.57. The number of amides is 2. The molecule has 6 heteroatoms. The van der Waals surface area contributed by atoms with Gasteiger partial charge in [0, 0.05) is 15.8 Å². The van der Waals surface area contributed by atoms with Crippen molar-refractivity contribution in [1.29, 1.82) is 0 Å². The molecule has 0 bridgehead atoms. The lowest BCUT2D eigenvalue weighted by Crippen LogP contribution is -2.28. The first-order chi connectivity index (χ1) is 7.08. The van der Waals surface area contributed by atoms with E-state index in [2.05, 4.69) is 5.32 Å². The van der Waals surface area contributed by atoms with Gasteiger partial charge >= 0.3 is 12.0 Å². The Morgan fingerprint density at radius 3 is 2.87 bits per heavy atom. The zero-order valence-corrected chi connectivity index (χ0v) is 8.58. The minimum absolute atomic E-state index is 0.362. The summed E-state index contributed by atoms with van der Waals surface area (Å²) in [5, 5.41) is 10.9. The van der Waals surface area contributed by atoms with Crippen molar-refractivity contribution in [2.24, 2.45) is 5.73 Å². The molecular formula is C9H10N2O3S. The summed E-state index contributed by atoms with van der Waals surface area (Å²) in [7, 11) is 0. The number of aliphatic carboxylic acids is 1. The Bertz CT molecular complexity index is 398. The van der Waals surface area contributed by atoms with Crippen molar-refractivity contribution in [2.45, 2.75) is 6.54 Å². The summed E-state index contributed by atoms with van der Waals surface area (Å²) < 4.78 is 0. The number of thiophene rings is 1. The minimum atomic E-state index is -0.986. The molecule has 0 radical (unpaired) electrons. The highest BCUT2D eigenvalue weighted by molar-refractivity contribution is 7.12. The molecule has 2 amide bonds. The lowest BCUT2D eigenvalue weighted by Gasteiger charge is -1.96. The van der Waals surface area contributed by atoms with Crippen LogP contribution in [-0.2, 0) is 11.3 Å². The molecular weight excluding hydrogens is 216 g/mol. The predicted octanol–water partition coefficient (Wildman–Crippen LogP) is 1.01. The molecule has 4 N–H and O–H groups in total. The zero-order chi connectivity index (χ0) is 11.3. The molecule has 1 aromatic heterocycles. The van der Waals surface area contributed by atoms with Crippen molar-refractivity contribution in [1.82, 2.24) is 5.32 Å². The lowest BCUT2D eigenvalue weighted by atomic mass is 10.4. The number of carbonyl (C=O) groups is 2. The Balaban J connectivity index is 2.56. The first-order valence-corrected chi connectivity index (χ1v) is 4.92. The van der Waals surface area contributed by atoms with Gasteiger partial charge in [-0.15, -0.1) is 11.3 Å². The van der Waals surface area contributed by atoms with Crippen molar-refractivity contribution in [3.63, 3.8) is 0 Å². The van der Waals surface area contributed by atoms with Gasteiger partial charge in [0.25, 0.3) is 0 Å². The number of urea groups is 1. The smallest absolute Gasteiger partial charge is 0.328 e. The van der Waals surface area contributed by atoms with Crippen molar-refractivity contribution in [2.75, 3.05) is 0 Å². The van der Waals surface area contributed by atoms with Gasteiger partial charge in [-0.25, -0.2) is 9.59 Å². The molecule has 0 aliphatic carbocycles. The molecule has 15 heavy (non-hydrogen) atoms. The number of hydrogen-bond acceptors (Lipinski definition) is 3. The molecule has 1 aromatic rings. The maximum Gasteiger partial charge on any atom is 0.328 e. The number of nitrogens with one attached hydrogen (secondary N) is 1. The van der Waals surface area contributed by atoms with Gasteiger partial charge in [0.05, 0.1) is 6.54 Å². The quantitative estimate of drug-likeness (QED) is 0.669. The van der Waals surface area contributed by atoms with Crippen LogP contribution in [0.4, 0.5) is 4.79 Å². The van der Waals surface area contributed by atoms with Gasteiger partial charge in [-0.05, 0) is 18.2 Å². The monoisotopic (exact) mass is 226 g/mol. The van der Waals surface area contributed by atoms with E-state index in [1.807, 2.05) is 6.07 Å². The van der Waals surface area contributed by atoms with Crippen LogP contribution in [0.3, 0.4) is 0 Å². The second kappa shape index (κ2) is 5.16. The summed E-state index contributed by atoms with van der Waals surface area (Å²) in [5.41, 5.74) is 4.91. The fourth-order valence-corrected chi connectivity index (χ4v) is 1.76. The van der Waals surface area contributed by atoms with Crippen LogP contribution in [0.25, 0.3) is 6.08 Å². The number of primary amides is 1. The van der Waals surface area contributed by atoms with Crippen molar-refractivity contribution >= 4 is 29.4 Å². The Kier molecular flexibility index (Phi) is 3.87. The molecule has 0 unspecified atom stereocenters. The summed E-state index contributed by atoms with van der Waals surface area (Å²) in [6, 6.07) is 3.01. The largest absolute Gasteiger partial charge is 0.478 e. The molecule has 0 aromatic carbocycles. The number of nitrogens with two attached hydrogens (primary N) is 1. The molecule has 0 aliphatic heterocycles. The molecule has 0 atom stereocenters. The molecule has 0 fully saturated rings. The normalized spacial score (nSPS) is 10.4. The third-order valence-corrected chi connectivity index (χ3v) is 2.56. The predicted molar refractivity (Wildman–Crippen MR) is 57.4 cm³/mol. The third-order valence-electron chi connectivity index (χ3n) is 1.51. The molecule has 0 aliphatic rings. The van der Waals surface area contributed by atoms with E-state index in [1.165, 1.54) is 17.4 Å². The second-order valence-corrected chi connectivity index (χ2v) is 3.89. The number of carboxylic acids is 1. The van der Waals surface area contributed by atoms with Gasteiger partial charge in [-0.1, -0.05) is 0 Å². The number of carboxylic acid groups (broad SMARTS) is 1. The number of rotatable bonds is 4. The number of carbonyl (C=O) groups excluding carboxylic acids is 1. The van der Waals surface area contributed by atoms with Crippen LogP contribution < -0.4 is 11.1 Å². The van der Waals surface area contributed by atoms with E-state index in [-0.39, 0.29) is 0 Å². The molecule has 5 nitrogen and oxygen atoms in total. The molecule has 0 saturated heterocycles. The van der Waals surface area contributed by atoms with Gasteiger partial charge in [-0.2, -0.15) is 0 Å². The van der Waals surface area contributed by atoms with Crippen molar-refractivity contribution < 1.29 is 14.7 Å². The Morgan fingerprint density at radius 1 is 1.53 bits per heavy atom. The molecule has 1 rings (SSSR count). The molecule has 1 heterocycles. The summed E-state index contributed by atoms with van der Waals surface area (Å²) in [5.74, 6) is -0.986. The maximum absolute atomic E-state index is 10.4. The minimum Gasteiger partial charge on any atom is -0.478 e. The third kappa shape index (κ3) is 4.28. The van der Waals surface area contributed by atoms with E-state index >= 15 is 0 Å². The lowest BCUT2D eigenvalue weighted by molar-refractivity contribution is -0.131. The van der Waals surface area contributed by atoms with Gasteiger partial charge < -0.3 is 16.2 Å². The van der Waals surface area contributed by atoms with Gasteiger partial charge in [0.15, 0.2) is 0 Å². The van der Waals surface area contributed by atoms with E-state index in [0.29, 0.717) is 6.54 Å². The van der Waals surface area contributed by atoms with Gasteiger partial charge in [0.2, 0.25) is 0 Å². The van der Waals surface area contributed by atoms with E-state index in [4.69, 9.17) is 10.8 Å². The standard InChI is InChI=1S/C9H10N2O3S/c10-9(14)11-5-7-2-1-6(15-7)3-4-8(12)13/h1-4H,5H2,(H,12,13)(H3,10,11,14). The molecule has 80 valence electrons. The number of hydrogen-bond donors (Lipinski definition) is 3. The Labute approximate surface area is 90.2 Å². The molecule has 0 spiro atoms. The summed E-state index contributed by atoms with van der Waals surface area (Å²) in [4.78, 5) is 22.4. The Morgan fingerprint density at radius 2 is 2.27 bits per heavy atom. The van der Waals surface area contributed by atoms with Crippen LogP contribution in [0, 0.1) is 0 Å². The van der Waals surface area contributed by atoms with Crippen LogP contribution in [0.1, 0.15) is 9.75 Å². The first kappa shape index (κ1) is 11.3. The highest BCUT2D eigenvalue weighted by atomic mass is 32.1. The van der Waals surface area contributed by atoms with E-state index in [9.17, 15) is 9.59 Å². The summed E-state index contributed by atoms with van der Waals surface area (Å²) in [6.45, 7) is 0.362. The van der Waals surface area contributed by atoms with Gasteiger partial charge in [-0.3, -0.25) is 0 Å². The van der Waals surface area contributed by atoms with Crippen LogP contribution in [0.2, 0.25) is 0 Å². The Hall–Kier alpha value is -1.82. The fourth-order valence-electron chi connectivity index (χ4n) is 0.907. The SMILES string of the molecule is NC(=O)NCc1ccc(C=CC(=O)O)s1. The van der Waals surface area contributed by atoms with E-state index in [1.54, 1.807) is 6.07 Å². The second-order valence-electron chi connectivity index (χ2n) is 2.69. The topological polar surface area (TPSA) is 92.4 Å². The average molecular weight is 226 g/mol. The van der Waals surface area contributed by atoms with Crippen LogP contribution in [0.15, 0.2) is 18.2 Å². The van der Waals surface area contributed by atoms with Crippen molar-refractivity contribution in [3.05, 3.63) is 28.0 Å². The first-order valence-electron chi connectivity index (χ1n) is 4.11. The summed E-state index contributed by atoms with van der Waals surface area (Å²) >= 11 is 1.40. The van der Waals surface area contributed by atoms with Crippen LogP contribution >= 0.6 is 11.3 Å². The van der Waals surface area contributed by atoms with Gasteiger partial charge in [0.1, 0.15) is 0 Å². The highest BCUT2D eigenvalue weighted by Crippen LogP contribution is 2.17. The average Bonchev–Trinajstić information content (AvgIpc) is 2.59. The highest BCUT2D eigenvalue weighted by Gasteiger charge is 1.99. The van der Waals surface area contributed by atoms with E-state index in [0.717, 1.165) is 15.8 Å². The fraction of sp³-hybridized carbons (Fsp3) is 0.111. The maximum atomic E-state index is 10.4. The molecule has 0 saturated carbocycles. The van der Waals surface area contributed by atoms with Crippen LogP contribution in [0.5, 0.6) is 0 Å². The zero-order valence-electron chi connectivity index (χ0n) is 7.77.